The first kappa shape index (κ1) is 18.7. The number of nitrogens with zero attached hydrogens (tertiary/aromatic N) is 2. The van der Waals surface area contributed by atoms with Gasteiger partial charge in [-0.25, -0.2) is 8.42 Å². The molecule has 0 atom stereocenters. The van der Waals surface area contributed by atoms with E-state index in [1.54, 1.807) is 11.8 Å². The van der Waals surface area contributed by atoms with Crippen LogP contribution in [0.3, 0.4) is 0 Å². The molecule has 1 fully saturated rings. The normalized spacial score (nSPS) is 16.2. The summed E-state index contributed by atoms with van der Waals surface area (Å²) in [6.07, 6.45) is 0.300. The van der Waals surface area contributed by atoms with E-state index < -0.39 is 10.0 Å². The van der Waals surface area contributed by atoms with E-state index in [2.05, 4.69) is 0 Å². The van der Waals surface area contributed by atoms with Crippen LogP contribution in [0, 0.1) is 13.8 Å². The molecule has 1 saturated heterocycles. The molecule has 24 heavy (non-hydrogen) atoms. The van der Waals surface area contributed by atoms with Crippen molar-refractivity contribution in [3.8, 4) is 5.75 Å². The summed E-state index contributed by atoms with van der Waals surface area (Å²) in [5.41, 5.74) is 2.25. The number of piperazine rings is 1. The Kier molecular flexibility index (Phi) is 6.23. The lowest BCUT2D eigenvalue weighted by Gasteiger charge is -2.33. The highest BCUT2D eigenvalue weighted by Crippen LogP contribution is 2.20. The van der Waals surface area contributed by atoms with Crippen molar-refractivity contribution in [3.05, 3.63) is 29.3 Å². The summed E-state index contributed by atoms with van der Waals surface area (Å²) in [6.45, 7) is 7.63. The van der Waals surface area contributed by atoms with E-state index in [1.165, 1.54) is 4.31 Å². The van der Waals surface area contributed by atoms with Crippen LogP contribution in [0.4, 0.5) is 0 Å². The van der Waals surface area contributed by atoms with Gasteiger partial charge in [0.25, 0.3) is 0 Å². The largest absolute Gasteiger partial charge is 0.493 e. The second-order valence-electron chi connectivity index (χ2n) is 5.98. The number of carbonyl (C=O) groups excluding carboxylic acids is 1. The lowest BCUT2D eigenvalue weighted by atomic mass is 10.1. The summed E-state index contributed by atoms with van der Waals surface area (Å²) in [5.74, 6) is 0.917. The van der Waals surface area contributed by atoms with Crippen molar-refractivity contribution >= 4 is 15.9 Å². The van der Waals surface area contributed by atoms with Crippen LogP contribution in [0.25, 0.3) is 0 Å². The monoisotopic (exact) mass is 354 g/mol. The number of benzene rings is 1. The summed E-state index contributed by atoms with van der Waals surface area (Å²) in [6, 6.07) is 5.87. The molecule has 1 aliphatic heterocycles. The fourth-order valence-electron chi connectivity index (χ4n) is 2.69. The van der Waals surface area contributed by atoms with Gasteiger partial charge in [0.1, 0.15) is 5.75 Å². The van der Waals surface area contributed by atoms with E-state index >= 15 is 0 Å². The SMILES string of the molecule is CCS(=O)(=O)N1CCN(C(=O)CCOc2cccc(C)c2C)CC1. The summed E-state index contributed by atoms with van der Waals surface area (Å²) in [7, 11) is -3.16. The maximum Gasteiger partial charge on any atom is 0.226 e. The van der Waals surface area contributed by atoms with Crippen molar-refractivity contribution < 1.29 is 17.9 Å². The van der Waals surface area contributed by atoms with Crippen LogP contribution in [-0.2, 0) is 14.8 Å². The number of rotatable bonds is 6. The minimum atomic E-state index is -3.16. The molecule has 0 spiro atoms. The number of amides is 1. The number of sulfonamides is 1. The molecule has 1 heterocycles. The fourth-order valence-corrected chi connectivity index (χ4v) is 3.77. The van der Waals surface area contributed by atoms with Crippen LogP contribution in [0.15, 0.2) is 18.2 Å². The van der Waals surface area contributed by atoms with Gasteiger partial charge < -0.3 is 9.64 Å². The quantitative estimate of drug-likeness (QED) is 0.778. The van der Waals surface area contributed by atoms with Crippen molar-refractivity contribution in [2.75, 3.05) is 38.5 Å². The van der Waals surface area contributed by atoms with E-state index in [1.807, 2.05) is 32.0 Å². The van der Waals surface area contributed by atoms with Gasteiger partial charge in [-0.05, 0) is 38.0 Å². The Morgan fingerprint density at radius 1 is 1.17 bits per heavy atom. The zero-order valence-electron chi connectivity index (χ0n) is 14.6. The standard InChI is InChI=1S/C17H26N2O4S/c1-4-24(21,22)19-11-9-18(10-12-19)17(20)8-13-23-16-7-5-6-14(2)15(16)3/h5-7H,4,8-13H2,1-3H3. The van der Waals surface area contributed by atoms with Crippen molar-refractivity contribution in [1.82, 2.24) is 9.21 Å². The highest BCUT2D eigenvalue weighted by Gasteiger charge is 2.27. The molecule has 1 aliphatic rings. The Hall–Kier alpha value is -1.60. The smallest absolute Gasteiger partial charge is 0.226 e. The second kappa shape index (κ2) is 7.98. The molecule has 6 nitrogen and oxygen atoms in total. The van der Waals surface area contributed by atoms with Gasteiger partial charge in [0.05, 0.1) is 18.8 Å². The Balaban J connectivity index is 1.79. The first-order valence-electron chi connectivity index (χ1n) is 8.29. The van der Waals surface area contributed by atoms with Crippen molar-refractivity contribution in [1.29, 1.82) is 0 Å². The van der Waals surface area contributed by atoms with Crippen LogP contribution < -0.4 is 4.74 Å². The summed E-state index contributed by atoms with van der Waals surface area (Å²) < 4.78 is 30.8. The molecule has 1 amide bonds. The van der Waals surface area contributed by atoms with Crippen LogP contribution in [0.1, 0.15) is 24.5 Å². The van der Waals surface area contributed by atoms with E-state index in [0.717, 1.165) is 16.9 Å². The van der Waals surface area contributed by atoms with Crippen LogP contribution in [0.2, 0.25) is 0 Å². The highest BCUT2D eigenvalue weighted by molar-refractivity contribution is 7.89. The molecule has 1 aromatic rings. The maximum absolute atomic E-state index is 12.2. The number of hydrogen-bond acceptors (Lipinski definition) is 4. The van der Waals surface area contributed by atoms with Crippen LogP contribution >= 0.6 is 0 Å². The maximum atomic E-state index is 12.2. The predicted molar refractivity (Wildman–Crippen MR) is 93.6 cm³/mol. The third-order valence-corrected chi connectivity index (χ3v) is 6.36. The summed E-state index contributed by atoms with van der Waals surface area (Å²) >= 11 is 0. The number of hydrogen-bond donors (Lipinski definition) is 0. The van der Waals surface area contributed by atoms with Gasteiger partial charge in [-0.1, -0.05) is 12.1 Å². The van der Waals surface area contributed by atoms with Gasteiger partial charge in [-0.3, -0.25) is 4.79 Å². The third-order valence-electron chi connectivity index (χ3n) is 4.48. The van der Waals surface area contributed by atoms with Gasteiger partial charge in [0, 0.05) is 26.2 Å². The lowest BCUT2D eigenvalue weighted by molar-refractivity contribution is -0.132. The molecule has 0 aliphatic carbocycles. The molecular formula is C17H26N2O4S. The van der Waals surface area contributed by atoms with E-state index in [-0.39, 0.29) is 11.7 Å². The van der Waals surface area contributed by atoms with Gasteiger partial charge >= 0.3 is 0 Å². The molecule has 134 valence electrons. The molecule has 2 rings (SSSR count). The third kappa shape index (κ3) is 4.48. The Morgan fingerprint density at radius 3 is 2.46 bits per heavy atom. The van der Waals surface area contributed by atoms with Crippen molar-refractivity contribution in [3.63, 3.8) is 0 Å². The minimum absolute atomic E-state index is 0.00820. The minimum Gasteiger partial charge on any atom is -0.493 e. The highest BCUT2D eigenvalue weighted by atomic mass is 32.2. The first-order valence-corrected chi connectivity index (χ1v) is 9.90. The molecule has 0 unspecified atom stereocenters. The second-order valence-corrected chi connectivity index (χ2v) is 8.23. The molecule has 0 N–H and O–H groups in total. The molecule has 1 aromatic carbocycles. The Morgan fingerprint density at radius 2 is 1.83 bits per heavy atom. The average Bonchev–Trinajstić information content (AvgIpc) is 2.58. The van der Waals surface area contributed by atoms with Gasteiger partial charge in [-0.2, -0.15) is 4.31 Å². The Bertz CT molecular complexity index is 680. The molecular weight excluding hydrogens is 328 g/mol. The van der Waals surface area contributed by atoms with Gasteiger partial charge in [-0.15, -0.1) is 0 Å². The molecule has 0 saturated carbocycles. The van der Waals surface area contributed by atoms with E-state index in [0.29, 0.717) is 39.2 Å². The molecule has 0 aromatic heterocycles. The lowest BCUT2D eigenvalue weighted by Crippen LogP contribution is -2.51. The zero-order valence-corrected chi connectivity index (χ0v) is 15.4. The van der Waals surface area contributed by atoms with Gasteiger partial charge in [0.2, 0.25) is 15.9 Å². The van der Waals surface area contributed by atoms with Crippen LogP contribution in [-0.4, -0.2) is 62.1 Å². The van der Waals surface area contributed by atoms with Gasteiger partial charge in [0.15, 0.2) is 0 Å². The number of aryl methyl sites for hydroxylation is 1. The topological polar surface area (TPSA) is 66.9 Å². The number of ether oxygens (including phenoxy) is 1. The number of carbonyl (C=O) groups is 1. The van der Waals surface area contributed by atoms with E-state index in [4.69, 9.17) is 4.74 Å². The zero-order chi connectivity index (χ0) is 17.7. The summed E-state index contributed by atoms with van der Waals surface area (Å²) in [5, 5.41) is 0. The molecule has 0 radical (unpaired) electrons. The fraction of sp³-hybridized carbons (Fsp3) is 0.588. The van der Waals surface area contributed by atoms with Crippen molar-refractivity contribution in [2.24, 2.45) is 0 Å². The van der Waals surface area contributed by atoms with Crippen molar-refractivity contribution in [2.45, 2.75) is 27.2 Å². The Labute approximate surface area is 144 Å². The first-order chi connectivity index (χ1) is 11.3. The van der Waals surface area contributed by atoms with E-state index in [9.17, 15) is 13.2 Å². The van der Waals surface area contributed by atoms with Crippen LogP contribution in [0.5, 0.6) is 5.75 Å². The average molecular weight is 354 g/mol. The predicted octanol–water partition coefficient (Wildman–Crippen LogP) is 1.57. The molecule has 0 bridgehead atoms. The molecule has 7 heteroatoms. The summed E-state index contributed by atoms with van der Waals surface area (Å²) in [4.78, 5) is 14.0.